The molecule has 1 aliphatic heterocycles. The normalized spacial score (nSPS) is 15.6. The molecule has 5 nitrogen and oxygen atoms in total. The van der Waals surface area contributed by atoms with Gasteiger partial charge in [-0.1, -0.05) is 11.6 Å². The summed E-state index contributed by atoms with van der Waals surface area (Å²) >= 11 is 6.09. The summed E-state index contributed by atoms with van der Waals surface area (Å²) in [5.41, 5.74) is 1.12. The molecule has 2 heterocycles. The van der Waals surface area contributed by atoms with Crippen LogP contribution < -0.4 is 4.74 Å². The average molecular weight is 307 g/mol. The van der Waals surface area contributed by atoms with Crippen LogP contribution in [0.25, 0.3) is 0 Å². The van der Waals surface area contributed by atoms with Gasteiger partial charge in [0, 0.05) is 29.7 Å². The van der Waals surface area contributed by atoms with E-state index in [1.165, 1.54) is 0 Å². The molecule has 1 aromatic heterocycles. The van der Waals surface area contributed by atoms with Gasteiger partial charge in [0.05, 0.1) is 6.54 Å². The van der Waals surface area contributed by atoms with Crippen molar-refractivity contribution >= 4 is 11.6 Å². The summed E-state index contributed by atoms with van der Waals surface area (Å²) < 4.78 is 7.89. The number of nitrogens with zero attached hydrogens (tertiary/aromatic N) is 4. The quantitative estimate of drug-likeness (QED) is 0.874. The lowest BCUT2D eigenvalue weighted by molar-refractivity contribution is 0.212. The van der Waals surface area contributed by atoms with E-state index in [1.54, 1.807) is 6.33 Å². The summed E-state index contributed by atoms with van der Waals surface area (Å²) in [5, 5.41) is 9.01. The largest absolute Gasteiger partial charge is 0.492 e. The van der Waals surface area contributed by atoms with Gasteiger partial charge in [0.2, 0.25) is 0 Å². The van der Waals surface area contributed by atoms with Crippen molar-refractivity contribution in [3.8, 4) is 5.75 Å². The highest BCUT2D eigenvalue weighted by Crippen LogP contribution is 2.26. The third kappa shape index (κ3) is 3.19. The minimum absolute atomic E-state index is 0.361. The van der Waals surface area contributed by atoms with Gasteiger partial charge in [-0.2, -0.15) is 0 Å². The summed E-state index contributed by atoms with van der Waals surface area (Å²) in [6, 6.07) is 6.14. The van der Waals surface area contributed by atoms with Crippen molar-refractivity contribution in [3.63, 3.8) is 0 Å². The SMILES string of the molecule is CC(C)n1cnnc1CN1CCOc2ccc(Cl)cc2C1. The standard InChI is InChI=1S/C15H19ClN4O/c1-11(2)20-10-17-18-15(20)9-19-5-6-21-14-4-3-13(16)7-12(14)8-19/h3-4,7,10-11H,5-6,8-9H2,1-2H3. The van der Waals surface area contributed by atoms with Crippen molar-refractivity contribution in [2.45, 2.75) is 33.0 Å². The van der Waals surface area contributed by atoms with Gasteiger partial charge in [-0.3, -0.25) is 4.90 Å². The first kappa shape index (κ1) is 14.4. The van der Waals surface area contributed by atoms with Gasteiger partial charge in [0.15, 0.2) is 0 Å². The van der Waals surface area contributed by atoms with E-state index in [1.807, 2.05) is 18.2 Å². The van der Waals surface area contributed by atoms with Crippen molar-refractivity contribution < 1.29 is 4.74 Å². The van der Waals surface area contributed by atoms with Gasteiger partial charge >= 0.3 is 0 Å². The minimum Gasteiger partial charge on any atom is -0.492 e. The zero-order valence-corrected chi connectivity index (χ0v) is 13.0. The number of halogens is 1. The molecule has 0 fully saturated rings. The summed E-state index contributed by atoms with van der Waals surface area (Å²) in [5.74, 6) is 1.91. The van der Waals surface area contributed by atoms with Crippen LogP contribution in [0.5, 0.6) is 5.75 Å². The van der Waals surface area contributed by atoms with E-state index in [9.17, 15) is 0 Å². The van der Waals surface area contributed by atoms with Crippen molar-refractivity contribution in [1.29, 1.82) is 0 Å². The molecule has 0 bridgehead atoms. The Morgan fingerprint density at radius 3 is 3.05 bits per heavy atom. The van der Waals surface area contributed by atoms with Crippen LogP contribution in [-0.2, 0) is 13.1 Å². The Hall–Kier alpha value is -1.59. The van der Waals surface area contributed by atoms with Crippen molar-refractivity contribution in [3.05, 3.63) is 40.9 Å². The average Bonchev–Trinajstić information content (AvgIpc) is 2.80. The molecular formula is C15H19ClN4O. The molecule has 0 N–H and O–H groups in total. The second-order valence-electron chi connectivity index (χ2n) is 5.56. The molecule has 0 saturated heterocycles. The van der Waals surface area contributed by atoms with Gasteiger partial charge in [0.1, 0.15) is 24.5 Å². The lowest BCUT2D eigenvalue weighted by Gasteiger charge is -2.20. The molecule has 112 valence electrons. The topological polar surface area (TPSA) is 43.2 Å². The van der Waals surface area contributed by atoms with Gasteiger partial charge in [-0.25, -0.2) is 0 Å². The van der Waals surface area contributed by atoms with Gasteiger partial charge < -0.3 is 9.30 Å². The fraction of sp³-hybridized carbons (Fsp3) is 0.467. The predicted octanol–water partition coefficient (Wildman–Crippen LogP) is 2.91. The fourth-order valence-electron chi connectivity index (χ4n) is 2.56. The summed E-state index contributed by atoms with van der Waals surface area (Å²) in [6.07, 6.45) is 1.79. The van der Waals surface area contributed by atoms with Gasteiger partial charge in [0.25, 0.3) is 0 Å². The van der Waals surface area contributed by atoms with Crippen LogP contribution in [0.4, 0.5) is 0 Å². The number of hydrogen-bond donors (Lipinski definition) is 0. The maximum atomic E-state index is 6.09. The smallest absolute Gasteiger partial charge is 0.147 e. The molecule has 0 radical (unpaired) electrons. The van der Waals surface area contributed by atoms with Crippen molar-refractivity contribution in [1.82, 2.24) is 19.7 Å². The number of benzene rings is 1. The van der Waals surface area contributed by atoms with Gasteiger partial charge in [-0.05, 0) is 32.0 Å². The van der Waals surface area contributed by atoms with Crippen molar-refractivity contribution in [2.75, 3.05) is 13.2 Å². The van der Waals surface area contributed by atoms with E-state index in [0.717, 1.165) is 41.8 Å². The monoisotopic (exact) mass is 306 g/mol. The van der Waals surface area contributed by atoms with Crippen LogP contribution in [-0.4, -0.2) is 32.8 Å². The van der Waals surface area contributed by atoms with Crippen molar-refractivity contribution in [2.24, 2.45) is 0 Å². The highest BCUT2D eigenvalue weighted by Gasteiger charge is 2.18. The second-order valence-corrected chi connectivity index (χ2v) is 6.00. The lowest BCUT2D eigenvalue weighted by Crippen LogP contribution is -2.27. The molecule has 1 aliphatic rings. The first-order valence-corrected chi connectivity index (χ1v) is 7.53. The van der Waals surface area contributed by atoms with E-state index in [0.29, 0.717) is 12.6 Å². The summed E-state index contributed by atoms with van der Waals surface area (Å²) in [7, 11) is 0. The molecule has 0 atom stereocenters. The molecule has 2 aromatic rings. The molecule has 0 spiro atoms. The molecule has 0 aliphatic carbocycles. The Bertz CT molecular complexity index is 626. The predicted molar refractivity (Wildman–Crippen MR) is 81.5 cm³/mol. The van der Waals surface area contributed by atoms with Crippen LogP contribution in [0.3, 0.4) is 0 Å². The Kier molecular flexibility index (Phi) is 4.12. The Morgan fingerprint density at radius 1 is 1.38 bits per heavy atom. The van der Waals surface area contributed by atoms with Crippen LogP contribution in [0.15, 0.2) is 24.5 Å². The van der Waals surface area contributed by atoms with E-state index in [4.69, 9.17) is 16.3 Å². The van der Waals surface area contributed by atoms with E-state index in [2.05, 4.69) is 33.5 Å². The highest BCUT2D eigenvalue weighted by molar-refractivity contribution is 6.30. The number of aromatic nitrogens is 3. The molecule has 1 aromatic carbocycles. The third-order valence-electron chi connectivity index (χ3n) is 3.65. The molecule has 6 heteroatoms. The number of rotatable bonds is 3. The molecule has 21 heavy (non-hydrogen) atoms. The Balaban J connectivity index is 1.79. The van der Waals surface area contributed by atoms with E-state index in [-0.39, 0.29) is 0 Å². The van der Waals surface area contributed by atoms with Crippen LogP contribution in [0.1, 0.15) is 31.3 Å². The molecular weight excluding hydrogens is 288 g/mol. The first-order valence-electron chi connectivity index (χ1n) is 7.15. The number of fused-ring (bicyclic) bond motifs is 1. The van der Waals surface area contributed by atoms with Crippen LogP contribution in [0.2, 0.25) is 5.02 Å². The maximum Gasteiger partial charge on any atom is 0.147 e. The minimum atomic E-state index is 0.361. The molecule has 0 unspecified atom stereocenters. The summed E-state index contributed by atoms with van der Waals surface area (Å²) in [6.45, 7) is 7.36. The fourth-order valence-corrected chi connectivity index (χ4v) is 2.76. The molecule has 0 saturated carbocycles. The Morgan fingerprint density at radius 2 is 2.24 bits per heavy atom. The number of hydrogen-bond acceptors (Lipinski definition) is 4. The van der Waals surface area contributed by atoms with E-state index < -0.39 is 0 Å². The van der Waals surface area contributed by atoms with Crippen LogP contribution in [0, 0.1) is 0 Å². The Labute approximate surface area is 129 Å². The maximum absolute atomic E-state index is 6.09. The molecule has 3 rings (SSSR count). The first-order chi connectivity index (χ1) is 10.1. The number of ether oxygens (including phenoxy) is 1. The van der Waals surface area contributed by atoms with Gasteiger partial charge in [-0.15, -0.1) is 10.2 Å². The summed E-state index contributed by atoms with van der Waals surface area (Å²) in [4.78, 5) is 2.31. The lowest BCUT2D eigenvalue weighted by atomic mass is 10.2. The van der Waals surface area contributed by atoms with E-state index >= 15 is 0 Å². The van der Waals surface area contributed by atoms with Crippen LogP contribution >= 0.6 is 11.6 Å². The highest BCUT2D eigenvalue weighted by atomic mass is 35.5. The third-order valence-corrected chi connectivity index (χ3v) is 3.89. The second kappa shape index (κ2) is 6.03. The zero-order chi connectivity index (χ0) is 14.8. The zero-order valence-electron chi connectivity index (χ0n) is 12.3. The molecule has 0 amide bonds.